The lowest BCUT2D eigenvalue weighted by Crippen LogP contribution is -2.22. The van der Waals surface area contributed by atoms with E-state index in [0.717, 1.165) is 33.2 Å². The molecule has 1 aromatic carbocycles. The number of esters is 1. The van der Waals surface area contributed by atoms with Gasteiger partial charge in [-0.2, -0.15) is 0 Å². The van der Waals surface area contributed by atoms with E-state index >= 15 is 0 Å². The smallest absolute Gasteiger partial charge is 0.344 e. The van der Waals surface area contributed by atoms with Gasteiger partial charge in [-0.1, -0.05) is 35.5 Å². The number of halogens is 1. The Morgan fingerprint density at radius 3 is 2.63 bits per heavy atom. The molecule has 5 nitrogen and oxygen atoms in total. The van der Waals surface area contributed by atoms with Crippen LogP contribution in [0.4, 0.5) is 0 Å². The Hall–Kier alpha value is -1.48. The first-order chi connectivity index (χ1) is 12.6. The van der Waals surface area contributed by atoms with Crippen molar-refractivity contribution < 1.29 is 17.9 Å². The second-order valence-corrected chi connectivity index (χ2v) is 10.3. The molecule has 0 saturated carbocycles. The van der Waals surface area contributed by atoms with Gasteiger partial charge in [-0.3, -0.25) is 4.72 Å². The molecule has 2 aromatic rings. The molecule has 27 heavy (non-hydrogen) atoms. The largest absolute Gasteiger partial charge is 0.462 e. The van der Waals surface area contributed by atoms with Crippen LogP contribution >= 0.6 is 34.7 Å². The van der Waals surface area contributed by atoms with Gasteiger partial charge in [0.05, 0.1) is 16.5 Å². The summed E-state index contributed by atoms with van der Waals surface area (Å²) < 4.78 is 34.1. The van der Waals surface area contributed by atoms with Gasteiger partial charge in [0.15, 0.2) is 0 Å². The molecular weight excluding hydrogens is 426 g/mol. The second kappa shape index (κ2) is 8.68. The first-order valence-corrected chi connectivity index (χ1v) is 11.5. The summed E-state index contributed by atoms with van der Waals surface area (Å²) in [4.78, 5) is 12.3. The van der Waals surface area contributed by atoms with E-state index in [0.29, 0.717) is 21.1 Å². The normalized spacial score (nSPS) is 11.3. The number of hydrogen-bond acceptors (Lipinski definition) is 6. The Morgan fingerprint density at radius 2 is 2.04 bits per heavy atom. The maximum Gasteiger partial charge on any atom is 0.344 e. The lowest BCUT2D eigenvalue weighted by molar-refractivity contribution is -0.137. The maximum absolute atomic E-state index is 12.8. The summed E-state index contributed by atoms with van der Waals surface area (Å²) in [7, 11) is -3.84. The first-order valence-electron chi connectivity index (χ1n) is 7.99. The van der Waals surface area contributed by atoms with Crippen LogP contribution < -0.4 is 4.72 Å². The van der Waals surface area contributed by atoms with Crippen LogP contribution in [0.5, 0.6) is 0 Å². The average molecular weight is 446 g/mol. The van der Waals surface area contributed by atoms with E-state index < -0.39 is 16.0 Å². The molecule has 0 amide bonds. The molecule has 0 saturated heterocycles. The van der Waals surface area contributed by atoms with Crippen LogP contribution in [0.2, 0.25) is 5.02 Å². The number of ether oxygens (including phenoxy) is 1. The summed E-state index contributed by atoms with van der Waals surface area (Å²) in [5.41, 5.74) is 1.34. The van der Waals surface area contributed by atoms with Crippen molar-refractivity contribution in [2.75, 3.05) is 6.61 Å². The second-order valence-electron chi connectivity index (χ2n) is 5.84. The van der Waals surface area contributed by atoms with E-state index in [1.807, 2.05) is 0 Å². The summed E-state index contributed by atoms with van der Waals surface area (Å²) in [6.45, 7) is 10.9. The van der Waals surface area contributed by atoms with Crippen LogP contribution in [0.25, 0.3) is 10.1 Å². The molecule has 0 unspecified atom stereocenters. The fourth-order valence-electron chi connectivity index (χ4n) is 2.31. The molecule has 0 spiro atoms. The van der Waals surface area contributed by atoms with E-state index in [1.54, 1.807) is 45.9 Å². The van der Waals surface area contributed by atoms with Crippen molar-refractivity contribution in [3.05, 3.63) is 50.9 Å². The highest BCUT2D eigenvalue weighted by Crippen LogP contribution is 2.36. The Kier molecular flexibility index (Phi) is 7.02. The zero-order chi connectivity index (χ0) is 20.4. The van der Waals surface area contributed by atoms with Crippen molar-refractivity contribution in [1.29, 1.82) is 0 Å². The number of rotatable bonds is 7. The van der Waals surface area contributed by atoms with E-state index in [-0.39, 0.29) is 15.8 Å². The molecule has 9 heteroatoms. The monoisotopic (exact) mass is 445 g/mol. The standard InChI is InChI=1S/C18H20ClNO4S3/c1-6-24-17(21)16(10(2)3)25-12(5)20-27(22,23)18-11(4)14-9-13(19)7-8-15(14)26-18/h7-9,20H,5-6H2,1-4H3. The van der Waals surface area contributed by atoms with Crippen molar-refractivity contribution in [1.82, 2.24) is 4.72 Å². The lowest BCUT2D eigenvalue weighted by atomic mass is 10.2. The molecule has 0 aliphatic heterocycles. The number of thiophene rings is 1. The molecular formula is C18H20ClNO4S3. The number of fused-ring (bicyclic) bond motifs is 1. The van der Waals surface area contributed by atoms with Crippen molar-refractivity contribution in [3.8, 4) is 0 Å². The zero-order valence-corrected chi connectivity index (χ0v) is 18.6. The summed E-state index contributed by atoms with van der Waals surface area (Å²) in [6.07, 6.45) is 0. The Bertz CT molecular complexity index is 1030. The highest BCUT2D eigenvalue weighted by atomic mass is 35.5. The SMILES string of the molecule is C=C(NS(=O)(=O)c1sc2ccc(Cl)cc2c1C)SC(C(=O)OCC)=C(C)C. The van der Waals surface area contributed by atoms with Gasteiger partial charge in [0.1, 0.15) is 4.21 Å². The summed E-state index contributed by atoms with van der Waals surface area (Å²) in [6, 6.07) is 5.26. The molecule has 0 aliphatic carbocycles. The Balaban J connectivity index is 2.28. The Morgan fingerprint density at radius 1 is 1.37 bits per heavy atom. The van der Waals surface area contributed by atoms with Gasteiger partial charge in [-0.15, -0.1) is 11.3 Å². The molecule has 2 rings (SSSR count). The van der Waals surface area contributed by atoms with E-state index in [9.17, 15) is 13.2 Å². The van der Waals surface area contributed by atoms with Gasteiger partial charge < -0.3 is 4.74 Å². The number of aryl methyl sites for hydroxylation is 1. The van der Waals surface area contributed by atoms with Crippen LogP contribution in [-0.4, -0.2) is 21.0 Å². The summed E-state index contributed by atoms with van der Waals surface area (Å²) >= 11 is 8.11. The predicted molar refractivity (Wildman–Crippen MR) is 114 cm³/mol. The molecule has 0 atom stereocenters. The van der Waals surface area contributed by atoms with Crippen molar-refractivity contribution in [2.24, 2.45) is 0 Å². The number of carbonyl (C=O) groups excluding carboxylic acids is 1. The lowest BCUT2D eigenvalue weighted by Gasteiger charge is -2.12. The van der Waals surface area contributed by atoms with E-state index in [2.05, 4.69) is 11.3 Å². The minimum atomic E-state index is -3.84. The number of sulfonamides is 1. The minimum absolute atomic E-state index is 0.120. The van der Waals surface area contributed by atoms with Crippen LogP contribution in [0.3, 0.4) is 0 Å². The third-order valence-corrected chi connectivity index (χ3v) is 8.26. The predicted octanol–water partition coefficient (Wildman–Crippen LogP) is 5.20. The van der Waals surface area contributed by atoms with Crippen LogP contribution in [0.15, 0.2) is 44.5 Å². The number of benzene rings is 1. The number of thioether (sulfide) groups is 1. The van der Waals surface area contributed by atoms with Crippen molar-refractivity contribution in [3.63, 3.8) is 0 Å². The van der Waals surface area contributed by atoms with Gasteiger partial charge in [-0.25, -0.2) is 13.2 Å². The summed E-state index contributed by atoms with van der Waals surface area (Å²) in [5, 5.41) is 1.46. The van der Waals surface area contributed by atoms with Crippen molar-refractivity contribution >= 4 is 60.8 Å². The molecule has 0 radical (unpaired) electrons. The zero-order valence-electron chi connectivity index (χ0n) is 15.4. The highest BCUT2D eigenvalue weighted by molar-refractivity contribution is 8.08. The topological polar surface area (TPSA) is 72.5 Å². The van der Waals surface area contributed by atoms with Gasteiger partial charge in [0.2, 0.25) is 0 Å². The maximum atomic E-state index is 12.8. The average Bonchev–Trinajstić information content (AvgIpc) is 2.89. The third-order valence-electron chi connectivity index (χ3n) is 3.49. The number of hydrogen-bond donors (Lipinski definition) is 1. The van der Waals surface area contributed by atoms with Gasteiger partial charge in [0.25, 0.3) is 10.0 Å². The van der Waals surface area contributed by atoms with Crippen molar-refractivity contribution in [2.45, 2.75) is 31.9 Å². The molecule has 146 valence electrons. The minimum Gasteiger partial charge on any atom is -0.462 e. The fourth-order valence-corrected chi connectivity index (χ4v) is 6.23. The van der Waals surface area contributed by atoms with Gasteiger partial charge in [0, 0.05) is 9.72 Å². The quantitative estimate of drug-likeness (QED) is 0.468. The molecule has 0 bridgehead atoms. The number of carbonyl (C=O) groups is 1. The number of allylic oxidation sites excluding steroid dienone is 1. The molecule has 0 aliphatic rings. The number of nitrogens with one attached hydrogen (secondary N) is 1. The third kappa shape index (κ3) is 5.07. The van der Waals surface area contributed by atoms with Gasteiger partial charge in [-0.05, 0) is 56.8 Å². The Labute approximate surface area is 172 Å². The molecule has 1 N–H and O–H groups in total. The van der Waals surface area contributed by atoms with Crippen LogP contribution in [0, 0.1) is 6.92 Å². The van der Waals surface area contributed by atoms with Crippen LogP contribution in [-0.2, 0) is 19.6 Å². The van der Waals surface area contributed by atoms with Crippen LogP contribution in [0.1, 0.15) is 26.3 Å². The van der Waals surface area contributed by atoms with Gasteiger partial charge >= 0.3 is 5.97 Å². The molecule has 0 fully saturated rings. The highest BCUT2D eigenvalue weighted by Gasteiger charge is 2.24. The molecule has 1 heterocycles. The molecule has 1 aromatic heterocycles. The van der Waals surface area contributed by atoms with E-state index in [4.69, 9.17) is 16.3 Å². The first kappa shape index (κ1) is 21.8. The summed E-state index contributed by atoms with van der Waals surface area (Å²) in [5.74, 6) is -0.504. The fraction of sp³-hybridized carbons (Fsp3) is 0.278. The van der Waals surface area contributed by atoms with E-state index in [1.165, 1.54) is 0 Å².